The number of hydrogen-bond donors (Lipinski definition) is 1. The van der Waals surface area contributed by atoms with Gasteiger partial charge in [-0.05, 0) is 93.0 Å². The molecule has 0 amide bonds. The van der Waals surface area contributed by atoms with Crippen molar-refractivity contribution in [2.75, 3.05) is 23.1 Å². The lowest BCUT2D eigenvalue weighted by Crippen LogP contribution is -2.45. The van der Waals surface area contributed by atoms with Gasteiger partial charge in [-0.1, -0.05) is 57.6 Å². The molecule has 0 bridgehead atoms. The zero-order valence-electron chi connectivity index (χ0n) is 24.3. The lowest BCUT2D eigenvalue weighted by atomic mass is 9.97. The molecule has 0 aliphatic heterocycles. The quantitative estimate of drug-likeness (QED) is 0.252. The number of nitrogen functional groups attached to an aromatic ring is 1. The summed E-state index contributed by atoms with van der Waals surface area (Å²) in [5.41, 5.74) is 10.8. The summed E-state index contributed by atoms with van der Waals surface area (Å²) < 4.78 is 30.0. The summed E-state index contributed by atoms with van der Waals surface area (Å²) in [6.07, 6.45) is 15.8. The van der Waals surface area contributed by atoms with Crippen molar-refractivity contribution in [1.29, 1.82) is 0 Å². The highest BCUT2D eigenvalue weighted by molar-refractivity contribution is 7.96. The fraction of sp³-hybridized carbons (Fsp3) is 0.469. The number of rotatable bonds is 14. The van der Waals surface area contributed by atoms with Crippen molar-refractivity contribution in [3.8, 4) is 0 Å². The maximum atomic E-state index is 14.2. The van der Waals surface area contributed by atoms with Gasteiger partial charge in [0.1, 0.15) is 0 Å². The molecular weight excluding hydrogens is 504 g/mol. The van der Waals surface area contributed by atoms with Crippen molar-refractivity contribution in [3.63, 3.8) is 0 Å². The van der Waals surface area contributed by atoms with Gasteiger partial charge in [-0.2, -0.15) is 0 Å². The summed E-state index contributed by atoms with van der Waals surface area (Å²) in [5.74, 6) is 0.631. The second-order valence-corrected chi connectivity index (χ2v) is 12.7. The first-order chi connectivity index (χ1) is 18.6. The van der Waals surface area contributed by atoms with Crippen molar-refractivity contribution in [1.82, 2.24) is 9.88 Å². The van der Waals surface area contributed by atoms with Crippen LogP contribution in [0.1, 0.15) is 77.8 Å². The molecule has 1 unspecified atom stereocenters. The molecule has 1 aromatic heterocycles. The molecule has 212 valence electrons. The van der Waals surface area contributed by atoms with E-state index in [1.54, 1.807) is 10.5 Å². The normalized spacial score (nSPS) is 15.1. The number of aromatic nitrogens is 1. The Morgan fingerprint density at radius 2 is 1.90 bits per heavy atom. The third-order valence-corrected chi connectivity index (χ3v) is 9.26. The molecular formula is C32H46N4O2S. The molecule has 0 saturated carbocycles. The highest BCUT2D eigenvalue weighted by Crippen LogP contribution is 2.33. The van der Waals surface area contributed by atoms with Gasteiger partial charge >= 0.3 is 0 Å². The summed E-state index contributed by atoms with van der Waals surface area (Å²) in [6, 6.07) is 9.50. The van der Waals surface area contributed by atoms with E-state index in [4.69, 9.17) is 5.73 Å². The van der Waals surface area contributed by atoms with Gasteiger partial charge < -0.3 is 5.73 Å². The van der Waals surface area contributed by atoms with Crippen LogP contribution in [0.2, 0.25) is 0 Å². The van der Waals surface area contributed by atoms with Gasteiger partial charge in [0.2, 0.25) is 0 Å². The molecule has 1 aliphatic carbocycles. The molecule has 0 spiro atoms. The predicted octanol–water partition coefficient (Wildman–Crippen LogP) is 7.17. The Kier molecular flexibility index (Phi) is 11.4. The predicted molar refractivity (Wildman–Crippen MR) is 166 cm³/mol. The third kappa shape index (κ3) is 8.54. The first-order valence-corrected chi connectivity index (χ1v) is 15.7. The van der Waals surface area contributed by atoms with Gasteiger partial charge in [-0.3, -0.25) is 14.2 Å². The van der Waals surface area contributed by atoms with Crippen LogP contribution >= 0.6 is 0 Å². The van der Waals surface area contributed by atoms with Gasteiger partial charge in [-0.15, -0.1) is 0 Å². The van der Waals surface area contributed by atoms with Gasteiger partial charge in [0, 0.05) is 37.2 Å². The minimum absolute atomic E-state index is 0.0292. The fourth-order valence-electron chi connectivity index (χ4n) is 4.81. The number of likely N-dealkylation sites (N-methyl/N-ethyl adjacent to an activating group) is 1. The van der Waals surface area contributed by atoms with E-state index in [1.165, 1.54) is 5.57 Å². The zero-order valence-corrected chi connectivity index (χ0v) is 25.1. The second kappa shape index (κ2) is 14.5. The Morgan fingerprint density at radius 3 is 2.51 bits per heavy atom. The van der Waals surface area contributed by atoms with Crippen LogP contribution in [0.4, 0.5) is 11.4 Å². The molecule has 6 nitrogen and oxygen atoms in total. The van der Waals surface area contributed by atoms with Crippen molar-refractivity contribution < 1.29 is 8.42 Å². The highest BCUT2D eigenvalue weighted by atomic mass is 32.2. The number of pyridine rings is 1. The van der Waals surface area contributed by atoms with Crippen molar-refractivity contribution in [3.05, 3.63) is 82.6 Å². The first kappa shape index (κ1) is 30.6. The van der Waals surface area contributed by atoms with E-state index < -0.39 is 10.0 Å². The smallest absolute Gasteiger partial charge is 0.260 e. The van der Waals surface area contributed by atoms with E-state index in [9.17, 15) is 8.42 Å². The standard InChI is InChI=1S/C32H46N4O2S/c1-6-8-11-29-21-30(16-19-32(29)33)36(23-26(5)35(7-2)24-28-10-9-20-34-22-28)39(37,38)31-17-14-27(15-18-31)13-12-25(3)4/h8-11,14,16-17,19-22,25-26H,6-7,12-13,15,18,23-24,33H2,1-5H3/b11-8-. The Morgan fingerprint density at radius 1 is 1.10 bits per heavy atom. The van der Waals surface area contributed by atoms with Gasteiger partial charge in [0.15, 0.2) is 0 Å². The number of sulfonamides is 1. The first-order valence-electron chi connectivity index (χ1n) is 14.3. The summed E-state index contributed by atoms with van der Waals surface area (Å²) >= 11 is 0. The molecule has 3 rings (SSSR count). The molecule has 1 aliphatic rings. The van der Waals surface area contributed by atoms with E-state index in [0.29, 0.717) is 41.7 Å². The van der Waals surface area contributed by atoms with Crippen LogP contribution in [0.3, 0.4) is 0 Å². The number of anilines is 2. The van der Waals surface area contributed by atoms with Crippen LogP contribution in [0, 0.1) is 5.92 Å². The van der Waals surface area contributed by atoms with Crippen molar-refractivity contribution in [2.24, 2.45) is 5.92 Å². The summed E-state index contributed by atoms with van der Waals surface area (Å²) in [5, 5.41) is 0. The van der Waals surface area contributed by atoms with Gasteiger partial charge in [0.25, 0.3) is 10.0 Å². The monoisotopic (exact) mass is 550 g/mol. The van der Waals surface area contributed by atoms with E-state index in [0.717, 1.165) is 43.4 Å². The lowest BCUT2D eigenvalue weighted by Gasteiger charge is -2.34. The van der Waals surface area contributed by atoms with Crippen LogP contribution in [-0.2, 0) is 16.6 Å². The molecule has 0 saturated heterocycles. The maximum absolute atomic E-state index is 14.2. The van der Waals surface area contributed by atoms with E-state index >= 15 is 0 Å². The fourth-order valence-corrected chi connectivity index (χ4v) is 6.50. The Labute approximate surface area is 236 Å². The molecule has 0 radical (unpaired) electrons. The van der Waals surface area contributed by atoms with Crippen LogP contribution in [0.5, 0.6) is 0 Å². The van der Waals surface area contributed by atoms with Crippen LogP contribution in [0.25, 0.3) is 6.08 Å². The van der Waals surface area contributed by atoms with Crippen molar-refractivity contribution >= 4 is 27.5 Å². The van der Waals surface area contributed by atoms with E-state index in [-0.39, 0.29) is 6.04 Å². The van der Waals surface area contributed by atoms with E-state index in [1.807, 2.05) is 54.8 Å². The van der Waals surface area contributed by atoms with Gasteiger partial charge in [-0.25, -0.2) is 8.42 Å². The summed E-state index contributed by atoms with van der Waals surface area (Å²) in [7, 11) is -3.75. The molecule has 39 heavy (non-hydrogen) atoms. The summed E-state index contributed by atoms with van der Waals surface area (Å²) in [4.78, 5) is 7.01. The lowest BCUT2D eigenvalue weighted by molar-refractivity contribution is 0.216. The average Bonchev–Trinajstić information content (AvgIpc) is 2.93. The minimum Gasteiger partial charge on any atom is -0.398 e. The van der Waals surface area contributed by atoms with Crippen LogP contribution in [0.15, 0.2) is 71.4 Å². The van der Waals surface area contributed by atoms with Gasteiger partial charge in [0.05, 0.1) is 10.6 Å². The van der Waals surface area contributed by atoms with E-state index in [2.05, 4.69) is 50.6 Å². The maximum Gasteiger partial charge on any atom is 0.260 e. The topological polar surface area (TPSA) is 79.5 Å². The molecule has 1 atom stereocenters. The average molecular weight is 551 g/mol. The number of allylic oxidation sites excluding steroid dienone is 5. The largest absolute Gasteiger partial charge is 0.398 e. The van der Waals surface area contributed by atoms with Crippen molar-refractivity contribution in [2.45, 2.75) is 79.3 Å². The molecule has 0 fully saturated rings. The zero-order chi connectivity index (χ0) is 28.4. The second-order valence-electron chi connectivity index (χ2n) is 10.8. The Bertz CT molecular complexity index is 1270. The number of nitrogens with two attached hydrogens (primary N) is 1. The molecule has 2 aromatic rings. The van der Waals surface area contributed by atoms with Crippen LogP contribution in [-0.4, -0.2) is 37.4 Å². The summed E-state index contributed by atoms with van der Waals surface area (Å²) in [6.45, 7) is 12.5. The SMILES string of the molecule is CC/C=C\c1cc(N(CC(C)N(CC)Cc2cccnc2)S(=O)(=O)C2=CC=C(CCC(C)C)CC2)ccc1N. The Hall–Kier alpha value is -2.90. The minimum atomic E-state index is -3.75. The molecule has 1 heterocycles. The number of nitrogens with zero attached hydrogens (tertiary/aromatic N) is 3. The molecule has 7 heteroatoms. The molecule has 1 aromatic carbocycles. The Balaban J connectivity index is 1.96. The molecule has 2 N–H and O–H groups in total. The third-order valence-electron chi connectivity index (χ3n) is 7.32. The number of benzene rings is 1. The van der Waals surface area contributed by atoms with Crippen LogP contribution < -0.4 is 10.0 Å². The highest BCUT2D eigenvalue weighted by Gasteiger charge is 2.31. The number of hydrogen-bond acceptors (Lipinski definition) is 5.